The molecule has 2 aliphatic rings. The van der Waals surface area contributed by atoms with Crippen molar-refractivity contribution < 1.29 is 14.3 Å². The molecule has 0 aliphatic carbocycles. The Balaban J connectivity index is 1.23. The molecule has 2 atom stereocenters. The molecule has 4 rings (SSSR count). The smallest absolute Gasteiger partial charge is 0.317 e. The minimum atomic E-state index is -0.0739. The van der Waals surface area contributed by atoms with Gasteiger partial charge in [0.25, 0.3) is 5.91 Å². The molecule has 2 unspecified atom stereocenters. The van der Waals surface area contributed by atoms with Gasteiger partial charge < -0.3 is 19.9 Å². The fraction of sp³-hybridized carbons (Fsp3) is 0.500. The van der Waals surface area contributed by atoms with Crippen molar-refractivity contribution in [2.45, 2.75) is 52.5 Å². The van der Waals surface area contributed by atoms with Crippen molar-refractivity contribution in [1.82, 2.24) is 20.0 Å². The normalized spacial score (nSPS) is 21.5. The van der Waals surface area contributed by atoms with E-state index in [4.69, 9.17) is 4.74 Å². The molecule has 2 fully saturated rings. The van der Waals surface area contributed by atoms with Crippen molar-refractivity contribution in [3.8, 4) is 0 Å². The summed E-state index contributed by atoms with van der Waals surface area (Å²) in [5.41, 5.74) is 4.14. The second-order valence-electron chi connectivity index (χ2n) is 9.93. The quantitative estimate of drug-likeness (QED) is 0.712. The molecule has 3 amide bonds. The Morgan fingerprint density at radius 3 is 2.29 bits per heavy atom. The molecule has 7 heteroatoms. The number of nitrogens with one attached hydrogen (secondary N) is 1. The van der Waals surface area contributed by atoms with Crippen LogP contribution in [0.2, 0.25) is 0 Å². The van der Waals surface area contributed by atoms with Gasteiger partial charge >= 0.3 is 6.03 Å². The van der Waals surface area contributed by atoms with E-state index in [0.29, 0.717) is 38.3 Å². The van der Waals surface area contributed by atoms with E-state index in [1.54, 1.807) is 0 Å². The molecule has 0 aromatic heterocycles. The maximum Gasteiger partial charge on any atom is 0.317 e. The average molecular weight is 479 g/mol. The first-order chi connectivity index (χ1) is 16.9. The SMILES string of the molecule is Cc1cccc(C(=O)N2CCCN(C(=O)NCc3ccc(CN4CC(C)OC(C)C4)cc3)CC2)c1. The maximum absolute atomic E-state index is 12.9. The van der Waals surface area contributed by atoms with Crippen LogP contribution in [0.5, 0.6) is 0 Å². The van der Waals surface area contributed by atoms with E-state index in [2.05, 4.69) is 48.3 Å². The van der Waals surface area contributed by atoms with Gasteiger partial charge in [-0.3, -0.25) is 9.69 Å². The van der Waals surface area contributed by atoms with Crippen LogP contribution >= 0.6 is 0 Å². The number of aryl methyl sites for hydroxylation is 1. The molecule has 2 saturated heterocycles. The van der Waals surface area contributed by atoms with Gasteiger partial charge in [-0.05, 0) is 50.5 Å². The fourth-order valence-electron chi connectivity index (χ4n) is 5.01. The highest BCUT2D eigenvalue weighted by Gasteiger charge is 2.23. The van der Waals surface area contributed by atoms with E-state index in [1.807, 2.05) is 41.0 Å². The number of carbonyl (C=O) groups is 2. The average Bonchev–Trinajstić information content (AvgIpc) is 3.09. The highest BCUT2D eigenvalue weighted by atomic mass is 16.5. The molecule has 35 heavy (non-hydrogen) atoms. The summed E-state index contributed by atoms with van der Waals surface area (Å²) in [6.07, 6.45) is 1.30. The van der Waals surface area contributed by atoms with Gasteiger partial charge in [0.1, 0.15) is 0 Å². The van der Waals surface area contributed by atoms with Gasteiger partial charge in [0.05, 0.1) is 12.2 Å². The topological polar surface area (TPSA) is 65.1 Å². The maximum atomic E-state index is 12.9. The number of ether oxygens (including phenoxy) is 1. The van der Waals surface area contributed by atoms with E-state index in [0.717, 1.165) is 37.2 Å². The molecule has 0 saturated carbocycles. The van der Waals surface area contributed by atoms with Gasteiger partial charge in [-0.2, -0.15) is 0 Å². The van der Waals surface area contributed by atoms with Gasteiger partial charge in [-0.15, -0.1) is 0 Å². The van der Waals surface area contributed by atoms with Crippen LogP contribution in [0.4, 0.5) is 4.79 Å². The van der Waals surface area contributed by atoms with Crippen molar-refractivity contribution >= 4 is 11.9 Å². The van der Waals surface area contributed by atoms with E-state index in [9.17, 15) is 9.59 Å². The Morgan fingerprint density at radius 1 is 0.914 bits per heavy atom. The van der Waals surface area contributed by atoms with Crippen LogP contribution in [-0.4, -0.2) is 78.1 Å². The number of hydrogen-bond acceptors (Lipinski definition) is 4. The molecule has 2 aliphatic heterocycles. The molecule has 2 heterocycles. The lowest BCUT2D eigenvalue weighted by Gasteiger charge is -2.35. The summed E-state index contributed by atoms with van der Waals surface area (Å²) >= 11 is 0. The molecule has 1 N–H and O–H groups in total. The lowest BCUT2D eigenvalue weighted by molar-refractivity contribution is -0.0704. The van der Waals surface area contributed by atoms with Crippen LogP contribution < -0.4 is 5.32 Å². The van der Waals surface area contributed by atoms with Crippen molar-refractivity contribution in [1.29, 1.82) is 0 Å². The summed E-state index contributed by atoms with van der Waals surface area (Å²) in [4.78, 5) is 31.8. The largest absolute Gasteiger partial charge is 0.373 e. The lowest BCUT2D eigenvalue weighted by atomic mass is 10.1. The van der Waals surface area contributed by atoms with Crippen molar-refractivity contribution in [2.24, 2.45) is 0 Å². The van der Waals surface area contributed by atoms with Gasteiger partial charge in [-0.1, -0.05) is 42.0 Å². The minimum Gasteiger partial charge on any atom is -0.373 e. The van der Waals surface area contributed by atoms with Gasteiger partial charge in [0.2, 0.25) is 0 Å². The number of carbonyl (C=O) groups excluding carboxylic acids is 2. The molecular formula is C28H38N4O3. The van der Waals surface area contributed by atoms with Crippen LogP contribution in [0.1, 0.15) is 47.3 Å². The van der Waals surface area contributed by atoms with Crippen LogP contribution in [0.3, 0.4) is 0 Å². The Kier molecular flexibility index (Phi) is 8.42. The molecule has 0 bridgehead atoms. The predicted octanol–water partition coefficient (Wildman–Crippen LogP) is 3.66. The van der Waals surface area contributed by atoms with Crippen molar-refractivity contribution in [2.75, 3.05) is 39.3 Å². The number of hydrogen-bond donors (Lipinski definition) is 1. The summed E-state index contributed by atoms with van der Waals surface area (Å²) in [5, 5.41) is 3.05. The third-order valence-corrected chi connectivity index (χ3v) is 6.70. The zero-order chi connectivity index (χ0) is 24.8. The second-order valence-corrected chi connectivity index (χ2v) is 9.93. The molecule has 2 aromatic carbocycles. The number of amides is 3. The second kappa shape index (κ2) is 11.7. The van der Waals surface area contributed by atoms with E-state index in [-0.39, 0.29) is 24.1 Å². The Labute approximate surface area is 209 Å². The zero-order valence-electron chi connectivity index (χ0n) is 21.2. The molecule has 7 nitrogen and oxygen atoms in total. The molecule has 2 aromatic rings. The first-order valence-corrected chi connectivity index (χ1v) is 12.7. The summed E-state index contributed by atoms with van der Waals surface area (Å²) < 4.78 is 5.82. The van der Waals surface area contributed by atoms with Gasteiger partial charge in [-0.25, -0.2) is 4.79 Å². The standard InChI is InChI=1S/C28H38N4O3/c1-21-6-4-7-26(16-21)27(33)31-12-5-13-32(15-14-31)28(34)29-17-24-8-10-25(11-9-24)20-30-18-22(2)35-23(3)19-30/h4,6-11,16,22-23H,5,12-15,17-20H2,1-3H3,(H,29,34). The molecule has 0 radical (unpaired) electrons. The minimum absolute atomic E-state index is 0.0389. The summed E-state index contributed by atoms with van der Waals surface area (Å²) in [6.45, 7) is 11.9. The number of urea groups is 1. The number of benzene rings is 2. The van der Waals surface area contributed by atoms with Crippen LogP contribution in [-0.2, 0) is 17.8 Å². The van der Waals surface area contributed by atoms with Crippen LogP contribution in [0.25, 0.3) is 0 Å². The first kappa shape index (κ1) is 25.2. The third-order valence-electron chi connectivity index (χ3n) is 6.70. The number of nitrogens with zero attached hydrogens (tertiary/aromatic N) is 3. The van der Waals surface area contributed by atoms with Gasteiger partial charge in [0.15, 0.2) is 0 Å². The van der Waals surface area contributed by atoms with Crippen molar-refractivity contribution in [3.05, 3.63) is 70.8 Å². The Bertz CT molecular complexity index is 1000. The molecular weight excluding hydrogens is 440 g/mol. The Morgan fingerprint density at radius 2 is 1.57 bits per heavy atom. The predicted molar refractivity (Wildman–Crippen MR) is 137 cm³/mol. The zero-order valence-corrected chi connectivity index (χ0v) is 21.2. The lowest BCUT2D eigenvalue weighted by Crippen LogP contribution is -2.44. The monoisotopic (exact) mass is 478 g/mol. The van der Waals surface area contributed by atoms with Crippen molar-refractivity contribution in [3.63, 3.8) is 0 Å². The highest BCUT2D eigenvalue weighted by Crippen LogP contribution is 2.15. The van der Waals surface area contributed by atoms with Gasteiger partial charge in [0, 0.05) is 57.9 Å². The summed E-state index contributed by atoms with van der Waals surface area (Å²) in [5.74, 6) is 0.0389. The summed E-state index contributed by atoms with van der Waals surface area (Å²) in [7, 11) is 0. The first-order valence-electron chi connectivity index (χ1n) is 12.7. The van der Waals surface area contributed by atoms with Crippen LogP contribution in [0.15, 0.2) is 48.5 Å². The van der Waals surface area contributed by atoms with Crippen LogP contribution in [0, 0.1) is 6.92 Å². The van der Waals surface area contributed by atoms with E-state index >= 15 is 0 Å². The fourth-order valence-corrected chi connectivity index (χ4v) is 5.01. The number of morpholine rings is 1. The molecule has 188 valence electrons. The summed E-state index contributed by atoms with van der Waals surface area (Å²) in [6, 6.07) is 16.1. The highest BCUT2D eigenvalue weighted by molar-refractivity contribution is 5.94. The Hall–Kier alpha value is -2.90. The third kappa shape index (κ3) is 7.05. The van der Waals surface area contributed by atoms with E-state index < -0.39 is 0 Å². The number of rotatable bonds is 5. The molecule has 0 spiro atoms. The van der Waals surface area contributed by atoms with E-state index in [1.165, 1.54) is 5.56 Å².